The Morgan fingerprint density at radius 1 is 1.24 bits per heavy atom. The van der Waals surface area contributed by atoms with Crippen LogP contribution in [-0.4, -0.2) is 41.7 Å². The monoisotopic (exact) mass is 300 g/mol. The number of carbonyl (C=O) groups is 2. The molecule has 2 fully saturated rings. The summed E-state index contributed by atoms with van der Waals surface area (Å²) in [7, 11) is 0. The van der Waals surface area contributed by atoms with Gasteiger partial charge in [-0.05, 0) is 41.0 Å². The number of fused-ring (bicyclic) bond motifs is 1. The fraction of sp³-hybridized carbons (Fsp3) is 0.857. The zero-order valence-corrected chi connectivity index (χ0v) is 13.0. The molecule has 2 rings (SSSR count). The van der Waals surface area contributed by atoms with Crippen LogP contribution in [0.5, 0.6) is 0 Å². The number of aliphatic carboxylic acids is 1. The van der Waals surface area contributed by atoms with Crippen LogP contribution in [0.1, 0.15) is 41.0 Å². The molecular formula is C14H22NO6-. The first-order valence-electron chi connectivity index (χ1n) is 7.04. The Labute approximate surface area is 123 Å². The molecule has 1 saturated carbocycles. The molecule has 0 spiro atoms. The first kappa shape index (κ1) is 16.0. The molecule has 1 N–H and O–H groups in total. The van der Waals surface area contributed by atoms with Crippen molar-refractivity contribution in [1.29, 1.82) is 0 Å². The number of carbonyl (C=O) groups excluding carboxylic acids is 2. The van der Waals surface area contributed by atoms with E-state index in [1.807, 2.05) is 0 Å². The Morgan fingerprint density at radius 2 is 1.81 bits per heavy atom. The summed E-state index contributed by atoms with van der Waals surface area (Å²) >= 11 is 0. The lowest BCUT2D eigenvalue weighted by Crippen LogP contribution is -2.45. The van der Waals surface area contributed by atoms with Gasteiger partial charge in [0, 0.05) is 11.9 Å². The van der Waals surface area contributed by atoms with Crippen molar-refractivity contribution in [3.05, 3.63) is 0 Å². The third-order valence-electron chi connectivity index (χ3n) is 3.47. The van der Waals surface area contributed by atoms with Gasteiger partial charge in [0.25, 0.3) is 0 Å². The summed E-state index contributed by atoms with van der Waals surface area (Å²) in [5, 5.41) is 13.9. The second-order valence-electron chi connectivity index (χ2n) is 6.98. The van der Waals surface area contributed by atoms with Crippen molar-refractivity contribution in [1.82, 2.24) is 5.32 Å². The molecule has 7 nitrogen and oxygen atoms in total. The predicted molar refractivity (Wildman–Crippen MR) is 70.1 cm³/mol. The first-order chi connectivity index (χ1) is 9.48. The first-order valence-corrected chi connectivity index (χ1v) is 7.04. The zero-order valence-electron chi connectivity index (χ0n) is 13.0. The molecule has 7 heteroatoms. The number of hydrogen-bond donors (Lipinski definition) is 1. The lowest BCUT2D eigenvalue weighted by atomic mass is 10.1. The van der Waals surface area contributed by atoms with E-state index in [4.69, 9.17) is 14.2 Å². The van der Waals surface area contributed by atoms with Crippen molar-refractivity contribution in [2.45, 2.75) is 70.7 Å². The molecule has 1 aliphatic carbocycles. The highest BCUT2D eigenvalue weighted by atomic mass is 16.8. The van der Waals surface area contributed by atoms with E-state index in [1.54, 1.807) is 34.6 Å². The summed E-state index contributed by atoms with van der Waals surface area (Å²) < 4.78 is 16.5. The van der Waals surface area contributed by atoms with Crippen LogP contribution in [0.4, 0.5) is 4.79 Å². The van der Waals surface area contributed by atoms with E-state index in [2.05, 4.69) is 5.32 Å². The van der Waals surface area contributed by atoms with E-state index in [0.29, 0.717) is 0 Å². The quantitative estimate of drug-likeness (QED) is 0.781. The second-order valence-corrected chi connectivity index (χ2v) is 6.98. The van der Waals surface area contributed by atoms with Crippen LogP contribution in [0.2, 0.25) is 0 Å². The maximum absolute atomic E-state index is 11.8. The predicted octanol–water partition coefficient (Wildman–Crippen LogP) is 0.170. The van der Waals surface area contributed by atoms with Crippen molar-refractivity contribution < 1.29 is 28.9 Å². The van der Waals surface area contributed by atoms with Gasteiger partial charge in [0.2, 0.25) is 0 Å². The highest BCUT2D eigenvalue weighted by Crippen LogP contribution is 2.41. The second kappa shape index (κ2) is 5.14. The minimum Gasteiger partial charge on any atom is -0.550 e. The van der Waals surface area contributed by atoms with E-state index in [9.17, 15) is 14.7 Å². The summed E-state index contributed by atoms with van der Waals surface area (Å²) in [6.45, 7) is 8.69. The normalized spacial score (nSPS) is 34.3. The zero-order chi connectivity index (χ0) is 16.0. The molecule has 0 aromatic heterocycles. The van der Waals surface area contributed by atoms with Gasteiger partial charge in [-0.25, -0.2) is 4.79 Å². The maximum Gasteiger partial charge on any atom is 0.407 e. The number of ether oxygens (including phenoxy) is 3. The van der Waals surface area contributed by atoms with Crippen LogP contribution < -0.4 is 10.4 Å². The molecule has 1 aliphatic heterocycles. The summed E-state index contributed by atoms with van der Waals surface area (Å²) in [6.07, 6.45) is -1.54. The molecule has 0 aromatic rings. The van der Waals surface area contributed by atoms with Gasteiger partial charge in [0.05, 0.1) is 12.1 Å². The smallest absolute Gasteiger partial charge is 0.407 e. The van der Waals surface area contributed by atoms with Gasteiger partial charge < -0.3 is 29.4 Å². The fourth-order valence-corrected chi connectivity index (χ4v) is 2.81. The lowest BCUT2D eigenvalue weighted by Gasteiger charge is -2.25. The fourth-order valence-electron chi connectivity index (χ4n) is 2.81. The number of rotatable bonds is 2. The molecule has 120 valence electrons. The highest BCUT2D eigenvalue weighted by molar-refractivity contribution is 5.71. The Kier molecular flexibility index (Phi) is 3.92. The summed E-state index contributed by atoms with van der Waals surface area (Å²) in [6, 6.07) is -0.477. The van der Waals surface area contributed by atoms with E-state index < -0.39 is 47.6 Å². The molecule has 2 aliphatic rings. The van der Waals surface area contributed by atoms with Crippen LogP contribution in [0.25, 0.3) is 0 Å². The number of carboxylic acid groups (broad SMARTS) is 1. The minimum absolute atomic E-state index is 0.201. The van der Waals surface area contributed by atoms with Crippen molar-refractivity contribution in [3.8, 4) is 0 Å². The van der Waals surface area contributed by atoms with Crippen molar-refractivity contribution in [3.63, 3.8) is 0 Å². The molecule has 1 saturated heterocycles. The third kappa shape index (κ3) is 3.65. The number of hydrogen-bond acceptors (Lipinski definition) is 6. The molecule has 0 unspecified atom stereocenters. The number of alkyl carbamates (subject to hydrolysis) is 1. The Bertz CT molecular complexity index is 441. The maximum atomic E-state index is 11.8. The van der Waals surface area contributed by atoms with E-state index in [-0.39, 0.29) is 6.42 Å². The van der Waals surface area contributed by atoms with Gasteiger partial charge in [-0.2, -0.15) is 0 Å². The van der Waals surface area contributed by atoms with Crippen molar-refractivity contribution in [2.75, 3.05) is 0 Å². The van der Waals surface area contributed by atoms with Gasteiger partial charge >= 0.3 is 6.09 Å². The molecule has 1 amide bonds. The van der Waals surface area contributed by atoms with Crippen LogP contribution in [0, 0.1) is 5.92 Å². The number of carboxylic acids is 1. The Balaban J connectivity index is 2.07. The van der Waals surface area contributed by atoms with Crippen LogP contribution >= 0.6 is 0 Å². The molecule has 21 heavy (non-hydrogen) atoms. The van der Waals surface area contributed by atoms with Crippen LogP contribution in [0.15, 0.2) is 0 Å². The van der Waals surface area contributed by atoms with E-state index in [0.717, 1.165) is 0 Å². The van der Waals surface area contributed by atoms with Gasteiger partial charge in [-0.15, -0.1) is 0 Å². The summed E-state index contributed by atoms with van der Waals surface area (Å²) in [4.78, 5) is 23.1. The van der Waals surface area contributed by atoms with Crippen LogP contribution in [-0.2, 0) is 19.0 Å². The van der Waals surface area contributed by atoms with E-state index >= 15 is 0 Å². The molecule has 0 radical (unpaired) electrons. The molecule has 4 atom stereocenters. The average Bonchev–Trinajstić information content (AvgIpc) is 2.70. The Morgan fingerprint density at radius 3 is 2.33 bits per heavy atom. The van der Waals surface area contributed by atoms with Gasteiger partial charge in [-0.1, -0.05) is 0 Å². The minimum atomic E-state index is -1.19. The highest BCUT2D eigenvalue weighted by Gasteiger charge is 2.54. The van der Waals surface area contributed by atoms with Gasteiger partial charge in [0.15, 0.2) is 5.79 Å². The van der Waals surface area contributed by atoms with Crippen molar-refractivity contribution >= 4 is 12.1 Å². The topological polar surface area (TPSA) is 96.9 Å². The standard InChI is InChI=1S/C14H23NO6/c1-13(2,3)21-12(18)15-8-6-7(11(16)17)9-10(8)20-14(4,5)19-9/h7-10H,6H2,1-5H3,(H,15,18)(H,16,17)/p-1/t7-,8+,9+,10-/m0/s1. The van der Waals surface area contributed by atoms with Crippen LogP contribution in [0.3, 0.4) is 0 Å². The molecule has 0 aromatic carbocycles. The average molecular weight is 300 g/mol. The van der Waals surface area contributed by atoms with Gasteiger partial charge in [-0.3, -0.25) is 0 Å². The van der Waals surface area contributed by atoms with E-state index in [1.165, 1.54) is 0 Å². The molecule has 1 heterocycles. The van der Waals surface area contributed by atoms with Crippen molar-refractivity contribution in [2.24, 2.45) is 5.92 Å². The molecule has 0 bridgehead atoms. The van der Waals surface area contributed by atoms with Gasteiger partial charge in [0.1, 0.15) is 11.7 Å². The number of amides is 1. The summed E-state index contributed by atoms with van der Waals surface area (Å²) in [5.41, 5.74) is -0.623. The summed E-state index contributed by atoms with van der Waals surface area (Å²) in [5.74, 6) is -2.88. The molecular weight excluding hydrogens is 278 g/mol. The largest absolute Gasteiger partial charge is 0.550 e. The lowest BCUT2D eigenvalue weighted by molar-refractivity contribution is -0.314. The SMILES string of the molecule is CC(C)(C)OC(=O)N[C@@H]1C[C@H](C(=O)[O-])[C@H]2OC(C)(C)O[C@H]21. The number of nitrogens with one attached hydrogen (secondary N) is 1. The third-order valence-corrected chi connectivity index (χ3v) is 3.47. The Hall–Kier alpha value is -1.34.